The Morgan fingerprint density at radius 1 is 1.56 bits per heavy atom. The molecule has 0 aliphatic carbocycles. The first-order chi connectivity index (χ1) is 7.60. The second-order valence-electron chi connectivity index (χ2n) is 3.48. The highest BCUT2D eigenvalue weighted by atomic mass is 32.2. The standard InChI is InChI=1S/C9H18N4O2S/c1-2-3-5-12-16(14,15)9-7-11-13(8-9)6-4-10/h7-8,12H,2-6,10H2,1H3. The van der Waals surface area contributed by atoms with Crippen molar-refractivity contribution in [3.8, 4) is 0 Å². The number of hydrogen-bond acceptors (Lipinski definition) is 4. The minimum absolute atomic E-state index is 0.192. The molecule has 6 nitrogen and oxygen atoms in total. The van der Waals surface area contributed by atoms with Crippen molar-refractivity contribution in [2.75, 3.05) is 13.1 Å². The van der Waals surface area contributed by atoms with Crippen LogP contribution in [-0.4, -0.2) is 31.3 Å². The Bertz CT molecular complexity index is 413. The van der Waals surface area contributed by atoms with E-state index < -0.39 is 10.0 Å². The fourth-order valence-corrected chi connectivity index (χ4v) is 2.23. The smallest absolute Gasteiger partial charge is 0.243 e. The lowest BCUT2D eigenvalue weighted by atomic mass is 10.3. The van der Waals surface area contributed by atoms with Crippen LogP contribution in [0.1, 0.15) is 19.8 Å². The molecule has 1 heterocycles. The number of nitrogens with two attached hydrogens (primary N) is 1. The van der Waals surface area contributed by atoms with Gasteiger partial charge in [-0.1, -0.05) is 13.3 Å². The van der Waals surface area contributed by atoms with Gasteiger partial charge in [0, 0.05) is 19.3 Å². The minimum atomic E-state index is -3.40. The second kappa shape index (κ2) is 5.97. The van der Waals surface area contributed by atoms with E-state index in [0.29, 0.717) is 19.6 Å². The number of sulfonamides is 1. The summed E-state index contributed by atoms with van der Waals surface area (Å²) in [5.74, 6) is 0. The van der Waals surface area contributed by atoms with Gasteiger partial charge in [-0.05, 0) is 6.42 Å². The molecule has 1 aromatic rings. The lowest BCUT2D eigenvalue weighted by Crippen LogP contribution is -2.24. The summed E-state index contributed by atoms with van der Waals surface area (Å²) in [7, 11) is -3.40. The summed E-state index contributed by atoms with van der Waals surface area (Å²) >= 11 is 0. The number of aromatic nitrogens is 2. The molecule has 0 bridgehead atoms. The van der Waals surface area contributed by atoms with Crippen LogP contribution in [0.4, 0.5) is 0 Å². The summed E-state index contributed by atoms with van der Waals surface area (Å²) in [6, 6.07) is 0. The fraction of sp³-hybridized carbons (Fsp3) is 0.667. The maximum Gasteiger partial charge on any atom is 0.243 e. The topological polar surface area (TPSA) is 90.0 Å². The Hall–Kier alpha value is -0.920. The van der Waals surface area contributed by atoms with Crippen molar-refractivity contribution in [1.82, 2.24) is 14.5 Å². The van der Waals surface area contributed by atoms with Crippen LogP contribution in [-0.2, 0) is 16.6 Å². The Morgan fingerprint density at radius 2 is 2.31 bits per heavy atom. The third kappa shape index (κ3) is 3.58. The van der Waals surface area contributed by atoms with Gasteiger partial charge in [-0.15, -0.1) is 0 Å². The molecule has 7 heteroatoms. The van der Waals surface area contributed by atoms with Gasteiger partial charge in [0.15, 0.2) is 0 Å². The SMILES string of the molecule is CCCCNS(=O)(=O)c1cnn(CCN)c1. The van der Waals surface area contributed by atoms with E-state index in [0.717, 1.165) is 12.8 Å². The van der Waals surface area contributed by atoms with Gasteiger partial charge < -0.3 is 5.73 Å². The average molecular weight is 246 g/mol. The van der Waals surface area contributed by atoms with Crippen molar-refractivity contribution in [3.05, 3.63) is 12.4 Å². The molecule has 0 aliphatic heterocycles. The van der Waals surface area contributed by atoms with Crippen LogP contribution >= 0.6 is 0 Å². The predicted molar refractivity (Wildman–Crippen MR) is 61.4 cm³/mol. The van der Waals surface area contributed by atoms with E-state index in [1.807, 2.05) is 6.92 Å². The van der Waals surface area contributed by atoms with Crippen molar-refractivity contribution in [2.45, 2.75) is 31.2 Å². The first-order valence-electron chi connectivity index (χ1n) is 5.32. The Morgan fingerprint density at radius 3 is 2.94 bits per heavy atom. The van der Waals surface area contributed by atoms with Gasteiger partial charge in [0.05, 0.1) is 12.7 Å². The third-order valence-electron chi connectivity index (χ3n) is 2.10. The zero-order chi connectivity index (χ0) is 12.0. The van der Waals surface area contributed by atoms with Gasteiger partial charge in [-0.25, -0.2) is 13.1 Å². The maximum absolute atomic E-state index is 11.7. The molecule has 0 radical (unpaired) electrons. The molecule has 16 heavy (non-hydrogen) atoms. The van der Waals surface area contributed by atoms with E-state index in [-0.39, 0.29) is 4.90 Å². The highest BCUT2D eigenvalue weighted by molar-refractivity contribution is 7.89. The Balaban J connectivity index is 2.66. The van der Waals surface area contributed by atoms with Crippen LogP contribution in [0, 0.1) is 0 Å². The minimum Gasteiger partial charge on any atom is -0.329 e. The number of rotatable bonds is 7. The van der Waals surface area contributed by atoms with E-state index in [1.54, 1.807) is 0 Å². The van der Waals surface area contributed by atoms with Gasteiger partial charge in [-0.3, -0.25) is 4.68 Å². The van der Waals surface area contributed by atoms with E-state index >= 15 is 0 Å². The average Bonchev–Trinajstić information content (AvgIpc) is 2.68. The van der Waals surface area contributed by atoms with E-state index in [1.165, 1.54) is 17.1 Å². The van der Waals surface area contributed by atoms with Crippen LogP contribution in [0.15, 0.2) is 17.3 Å². The highest BCUT2D eigenvalue weighted by Gasteiger charge is 2.15. The monoisotopic (exact) mass is 246 g/mol. The summed E-state index contributed by atoms with van der Waals surface area (Å²) in [6.45, 7) is 3.42. The van der Waals surface area contributed by atoms with Crippen LogP contribution < -0.4 is 10.5 Å². The molecule has 0 atom stereocenters. The molecule has 0 aliphatic rings. The van der Waals surface area contributed by atoms with E-state index in [2.05, 4.69) is 9.82 Å². The van der Waals surface area contributed by atoms with Gasteiger partial charge >= 0.3 is 0 Å². The summed E-state index contributed by atoms with van der Waals surface area (Å²) < 4.78 is 27.5. The summed E-state index contributed by atoms with van der Waals surface area (Å²) in [6.07, 6.45) is 4.61. The van der Waals surface area contributed by atoms with Crippen molar-refractivity contribution < 1.29 is 8.42 Å². The largest absolute Gasteiger partial charge is 0.329 e. The van der Waals surface area contributed by atoms with Crippen molar-refractivity contribution >= 4 is 10.0 Å². The maximum atomic E-state index is 11.7. The number of nitrogens with one attached hydrogen (secondary N) is 1. The van der Waals surface area contributed by atoms with Crippen LogP contribution in [0.5, 0.6) is 0 Å². The summed E-state index contributed by atoms with van der Waals surface area (Å²) in [5.41, 5.74) is 5.35. The van der Waals surface area contributed by atoms with Crippen LogP contribution in [0.2, 0.25) is 0 Å². The predicted octanol–water partition coefficient (Wildman–Crippen LogP) is -0.0798. The molecular formula is C9H18N4O2S. The molecule has 3 N–H and O–H groups in total. The molecule has 0 fully saturated rings. The van der Waals surface area contributed by atoms with Crippen molar-refractivity contribution in [3.63, 3.8) is 0 Å². The number of unbranched alkanes of at least 4 members (excludes halogenated alkanes) is 1. The summed E-state index contributed by atoms with van der Waals surface area (Å²) in [4.78, 5) is 0.192. The molecule has 0 saturated heterocycles. The van der Waals surface area contributed by atoms with Gasteiger partial charge in [0.25, 0.3) is 0 Å². The number of hydrogen-bond donors (Lipinski definition) is 2. The lowest BCUT2D eigenvalue weighted by Gasteiger charge is -2.02. The van der Waals surface area contributed by atoms with E-state index in [4.69, 9.17) is 5.73 Å². The number of nitrogens with zero attached hydrogens (tertiary/aromatic N) is 2. The summed E-state index contributed by atoms with van der Waals surface area (Å²) in [5, 5.41) is 3.92. The normalized spacial score (nSPS) is 11.9. The third-order valence-corrected chi connectivity index (χ3v) is 3.52. The Kier molecular flexibility index (Phi) is 4.91. The molecule has 0 unspecified atom stereocenters. The molecule has 0 spiro atoms. The fourth-order valence-electron chi connectivity index (χ4n) is 1.20. The molecule has 0 saturated carbocycles. The molecule has 1 rings (SSSR count). The highest BCUT2D eigenvalue weighted by Crippen LogP contribution is 2.06. The zero-order valence-electron chi connectivity index (χ0n) is 9.39. The van der Waals surface area contributed by atoms with Gasteiger partial charge in [0.1, 0.15) is 4.90 Å². The Labute approximate surface area is 95.9 Å². The zero-order valence-corrected chi connectivity index (χ0v) is 10.2. The van der Waals surface area contributed by atoms with Gasteiger partial charge in [0.2, 0.25) is 10.0 Å². The molecule has 0 amide bonds. The first-order valence-corrected chi connectivity index (χ1v) is 6.80. The second-order valence-corrected chi connectivity index (χ2v) is 5.25. The van der Waals surface area contributed by atoms with E-state index in [9.17, 15) is 8.42 Å². The first kappa shape index (κ1) is 13.1. The van der Waals surface area contributed by atoms with Crippen molar-refractivity contribution in [2.24, 2.45) is 5.73 Å². The van der Waals surface area contributed by atoms with Crippen LogP contribution in [0.25, 0.3) is 0 Å². The van der Waals surface area contributed by atoms with Crippen LogP contribution in [0.3, 0.4) is 0 Å². The molecule has 92 valence electrons. The molecular weight excluding hydrogens is 228 g/mol. The van der Waals surface area contributed by atoms with Gasteiger partial charge in [-0.2, -0.15) is 5.10 Å². The quantitative estimate of drug-likeness (QED) is 0.658. The molecule has 1 aromatic heterocycles. The van der Waals surface area contributed by atoms with Crippen molar-refractivity contribution in [1.29, 1.82) is 0 Å². The molecule has 0 aromatic carbocycles. The lowest BCUT2D eigenvalue weighted by molar-refractivity contribution is 0.577.